The number of rotatable bonds is 8. The van der Waals surface area contributed by atoms with E-state index in [1.807, 2.05) is 0 Å². The number of anilines is 3. The van der Waals surface area contributed by atoms with Crippen LogP contribution >= 0.6 is 0 Å². The van der Waals surface area contributed by atoms with Gasteiger partial charge in [-0.25, -0.2) is 0 Å². The van der Waals surface area contributed by atoms with Gasteiger partial charge in [0, 0.05) is 33.4 Å². The maximum atomic E-state index is 2.43. The van der Waals surface area contributed by atoms with Crippen LogP contribution in [0.4, 0.5) is 17.1 Å². The number of nitrogens with zero attached hydrogens (tertiary/aromatic N) is 2. The molecule has 0 spiro atoms. The van der Waals surface area contributed by atoms with Gasteiger partial charge in [-0.3, -0.25) is 0 Å². The lowest BCUT2D eigenvalue weighted by Crippen LogP contribution is -2.11. The highest BCUT2D eigenvalue weighted by Gasteiger charge is 2.20. The van der Waals surface area contributed by atoms with Crippen LogP contribution in [-0.2, 0) is 0 Å². The number of hydrogen-bond donors (Lipinski definition) is 0. The number of benzene rings is 9. The molecule has 9 aromatic carbocycles. The number of para-hydroxylation sites is 3. The van der Waals surface area contributed by atoms with E-state index in [4.69, 9.17) is 0 Å². The van der Waals surface area contributed by atoms with Crippen LogP contribution in [0.25, 0.3) is 72.0 Å². The topological polar surface area (TPSA) is 8.17 Å². The van der Waals surface area contributed by atoms with Crippen molar-refractivity contribution in [2.45, 2.75) is 0 Å². The van der Waals surface area contributed by atoms with Crippen molar-refractivity contribution >= 4 is 38.9 Å². The molecule has 264 valence electrons. The Labute approximate surface area is 327 Å². The summed E-state index contributed by atoms with van der Waals surface area (Å²) < 4.78 is 2.43. The van der Waals surface area contributed by atoms with Gasteiger partial charge in [-0.15, -0.1) is 0 Å². The van der Waals surface area contributed by atoms with Gasteiger partial charge in [-0.2, -0.15) is 0 Å². The van der Waals surface area contributed by atoms with E-state index in [-0.39, 0.29) is 0 Å². The largest absolute Gasteiger partial charge is 0.310 e. The molecule has 0 atom stereocenters. The normalized spacial score (nSPS) is 11.2. The second kappa shape index (κ2) is 14.4. The second-order valence-corrected chi connectivity index (χ2v) is 14.1. The van der Waals surface area contributed by atoms with Gasteiger partial charge < -0.3 is 9.47 Å². The highest BCUT2D eigenvalue weighted by atomic mass is 15.1. The average Bonchev–Trinajstić information content (AvgIpc) is 3.62. The van der Waals surface area contributed by atoms with Crippen molar-refractivity contribution in [1.29, 1.82) is 0 Å². The third-order valence-electron chi connectivity index (χ3n) is 10.8. The van der Waals surface area contributed by atoms with Crippen LogP contribution in [0.5, 0.6) is 0 Å². The molecule has 0 amide bonds. The average molecular weight is 715 g/mol. The lowest BCUT2D eigenvalue weighted by molar-refractivity contribution is 1.17. The molecular formula is C54H38N2. The van der Waals surface area contributed by atoms with E-state index in [1.165, 1.54) is 60.8 Å². The Morgan fingerprint density at radius 3 is 1.27 bits per heavy atom. The molecular weight excluding hydrogens is 677 g/mol. The van der Waals surface area contributed by atoms with Gasteiger partial charge in [0.15, 0.2) is 0 Å². The second-order valence-electron chi connectivity index (χ2n) is 14.1. The Kier molecular flexibility index (Phi) is 8.55. The SMILES string of the molecule is c1ccc(-c2ccc(-c3ccc(N(c4ccccc4)c4ccc(-n5c6ccccc6c6ccccc65)c(-c5ccccc5)c4)cc3-c3ccccc3)cc2)cc1. The molecule has 56 heavy (non-hydrogen) atoms. The monoisotopic (exact) mass is 714 g/mol. The fourth-order valence-corrected chi connectivity index (χ4v) is 8.17. The highest BCUT2D eigenvalue weighted by Crippen LogP contribution is 2.44. The number of aromatic nitrogens is 1. The molecule has 0 bridgehead atoms. The van der Waals surface area contributed by atoms with E-state index in [1.54, 1.807) is 0 Å². The van der Waals surface area contributed by atoms with E-state index in [9.17, 15) is 0 Å². The van der Waals surface area contributed by atoms with E-state index in [0.717, 1.165) is 28.3 Å². The van der Waals surface area contributed by atoms with Crippen molar-refractivity contribution in [3.63, 3.8) is 0 Å². The van der Waals surface area contributed by atoms with E-state index in [0.29, 0.717) is 0 Å². The molecule has 0 aliphatic heterocycles. The molecule has 10 aromatic rings. The first-order valence-electron chi connectivity index (χ1n) is 19.2. The van der Waals surface area contributed by atoms with Crippen LogP contribution in [0.1, 0.15) is 0 Å². The quantitative estimate of drug-likeness (QED) is 0.152. The van der Waals surface area contributed by atoms with Gasteiger partial charge in [-0.05, 0) is 93.5 Å². The molecule has 1 aromatic heterocycles. The first-order chi connectivity index (χ1) is 27.8. The number of fused-ring (bicyclic) bond motifs is 3. The van der Waals surface area contributed by atoms with Crippen LogP contribution in [0.15, 0.2) is 231 Å². The van der Waals surface area contributed by atoms with Gasteiger partial charge in [0.05, 0.1) is 16.7 Å². The van der Waals surface area contributed by atoms with Crippen molar-refractivity contribution in [3.05, 3.63) is 231 Å². The van der Waals surface area contributed by atoms with E-state index >= 15 is 0 Å². The molecule has 1 heterocycles. The minimum atomic E-state index is 1.08. The van der Waals surface area contributed by atoms with Crippen molar-refractivity contribution in [2.75, 3.05) is 4.90 Å². The first kappa shape index (κ1) is 33.2. The van der Waals surface area contributed by atoms with Crippen LogP contribution in [0.3, 0.4) is 0 Å². The molecule has 0 unspecified atom stereocenters. The molecule has 0 radical (unpaired) electrons. The minimum absolute atomic E-state index is 1.08. The van der Waals surface area contributed by atoms with Gasteiger partial charge in [0.1, 0.15) is 0 Å². The van der Waals surface area contributed by atoms with Crippen LogP contribution < -0.4 is 4.90 Å². The number of hydrogen-bond acceptors (Lipinski definition) is 1. The Morgan fingerprint density at radius 1 is 0.268 bits per heavy atom. The third-order valence-corrected chi connectivity index (χ3v) is 10.8. The first-order valence-corrected chi connectivity index (χ1v) is 19.2. The molecule has 0 fully saturated rings. The van der Waals surface area contributed by atoms with Crippen LogP contribution in [0.2, 0.25) is 0 Å². The summed E-state index contributed by atoms with van der Waals surface area (Å²) in [5.41, 5.74) is 16.3. The smallest absolute Gasteiger partial charge is 0.0542 e. The van der Waals surface area contributed by atoms with Crippen molar-refractivity contribution in [3.8, 4) is 50.2 Å². The third kappa shape index (κ3) is 6.04. The van der Waals surface area contributed by atoms with Crippen molar-refractivity contribution in [2.24, 2.45) is 0 Å². The molecule has 10 rings (SSSR count). The summed E-state index contributed by atoms with van der Waals surface area (Å²) in [4.78, 5) is 2.39. The molecule has 0 saturated heterocycles. The molecule has 2 heteroatoms. The van der Waals surface area contributed by atoms with Gasteiger partial charge in [0.2, 0.25) is 0 Å². The lowest BCUT2D eigenvalue weighted by atomic mass is 9.92. The van der Waals surface area contributed by atoms with Crippen LogP contribution in [0, 0.1) is 0 Å². The Balaban J connectivity index is 1.16. The molecule has 0 aliphatic rings. The Hall–Kier alpha value is -7.42. The summed E-state index contributed by atoms with van der Waals surface area (Å²) in [5.74, 6) is 0. The molecule has 0 saturated carbocycles. The summed E-state index contributed by atoms with van der Waals surface area (Å²) >= 11 is 0. The standard InChI is InChI=1S/C54H38N2/c1-5-17-39(18-6-1)40-29-31-43(32-30-40)47-35-33-45(37-50(47)41-19-7-2-8-20-41)55(44-23-11-4-12-24-44)46-34-36-54(51(38-46)42-21-9-3-10-22-42)56-52-27-15-13-25-48(52)49-26-14-16-28-53(49)56/h1-38H. The summed E-state index contributed by atoms with van der Waals surface area (Å²) in [7, 11) is 0. The van der Waals surface area contributed by atoms with Crippen molar-refractivity contribution in [1.82, 2.24) is 4.57 Å². The Bertz CT molecular complexity index is 2880. The molecule has 0 aliphatic carbocycles. The maximum Gasteiger partial charge on any atom is 0.0542 e. The summed E-state index contributed by atoms with van der Waals surface area (Å²) in [6.45, 7) is 0. The summed E-state index contributed by atoms with van der Waals surface area (Å²) in [6, 6.07) is 83.1. The lowest BCUT2D eigenvalue weighted by Gasteiger charge is -2.28. The van der Waals surface area contributed by atoms with E-state index in [2.05, 4.69) is 240 Å². The zero-order valence-electron chi connectivity index (χ0n) is 30.8. The van der Waals surface area contributed by atoms with Crippen LogP contribution in [-0.4, -0.2) is 4.57 Å². The Morgan fingerprint density at radius 2 is 0.679 bits per heavy atom. The fourth-order valence-electron chi connectivity index (χ4n) is 8.17. The zero-order chi connectivity index (χ0) is 37.3. The van der Waals surface area contributed by atoms with Gasteiger partial charge >= 0.3 is 0 Å². The summed E-state index contributed by atoms with van der Waals surface area (Å²) in [5, 5.41) is 2.50. The minimum Gasteiger partial charge on any atom is -0.310 e. The van der Waals surface area contributed by atoms with Gasteiger partial charge in [0.25, 0.3) is 0 Å². The molecule has 0 N–H and O–H groups in total. The van der Waals surface area contributed by atoms with Gasteiger partial charge in [-0.1, -0.05) is 176 Å². The maximum absolute atomic E-state index is 2.43. The fraction of sp³-hybridized carbons (Fsp3) is 0. The van der Waals surface area contributed by atoms with E-state index < -0.39 is 0 Å². The predicted octanol–water partition coefficient (Wildman–Crippen LogP) is 14.9. The highest BCUT2D eigenvalue weighted by molar-refractivity contribution is 6.10. The predicted molar refractivity (Wildman–Crippen MR) is 237 cm³/mol. The van der Waals surface area contributed by atoms with Crippen molar-refractivity contribution < 1.29 is 0 Å². The summed E-state index contributed by atoms with van der Waals surface area (Å²) in [6.07, 6.45) is 0. The zero-order valence-corrected chi connectivity index (χ0v) is 30.8. The molecule has 2 nitrogen and oxygen atoms in total.